The van der Waals surface area contributed by atoms with Crippen LogP contribution in [0.4, 0.5) is 10.6 Å². The predicted molar refractivity (Wildman–Crippen MR) is 70.6 cm³/mol. The average molecular weight is 296 g/mol. The van der Waals surface area contributed by atoms with Crippen molar-refractivity contribution in [3.8, 4) is 0 Å². The van der Waals surface area contributed by atoms with Gasteiger partial charge in [-0.25, -0.2) is 9.78 Å². The van der Waals surface area contributed by atoms with E-state index in [1.54, 1.807) is 18.5 Å². The van der Waals surface area contributed by atoms with E-state index in [0.29, 0.717) is 5.82 Å². The standard InChI is InChI=1S/C12H14BrN3O/c13-10-5-6-11(14-8-10)16-12(17)15-7-9-3-1-2-4-9/h5-8H,1-4H2,(H2,14,15,16,17). The van der Waals surface area contributed by atoms with Gasteiger partial charge in [-0.2, -0.15) is 0 Å². The molecule has 0 unspecified atom stereocenters. The Hall–Kier alpha value is -1.36. The van der Waals surface area contributed by atoms with E-state index in [0.717, 1.165) is 17.3 Å². The molecule has 4 nitrogen and oxygen atoms in total. The van der Waals surface area contributed by atoms with Crippen molar-refractivity contribution in [2.24, 2.45) is 0 Å². The highest BCUT2D eigenvalue weighted by Gasteiger charge is 2.07. The lowest BCUT2D eigenvalue weighted by Crippen LogP contribution is -2.24. The summed E-state index contributed by atoms with van der Waals surface area (Å²) in [4.78, 5) is 15.6. The summed E-state index contributed by atoms with van der Waals surface area (Å²) in [6.45, 7) is 0. The largest absolute Gasteiger partial charge is 0.324 e. The molecule has 17 heavy (non-hydrogen) atoms. The monoisotopic (exact) mass is 295 g/mol. The van der Waals surface area contributed by atoms with E-state index in [9.17, 15) is 4.79 Å². The Kier molecular flexibility index (Phi) is 4.14. The van der Waals surface area contributed by atoms with Gasteiger partial charge in [0.1, 0.15) is 5.82 Å². The van der Waals surface area contributed by atoms with E-state index in [1.165, 1.54) is 18.4 Å². The van der Waals surface area contributed by atoms with Crippen molar-refractivity contribution in [3.63, 3.8) is 0 Å². The molecule has 0 bridgehead atoms. The van der Waals surface area contributed by atoms with Gasteiger partial charge < -0.3 is 5.32 Å². The number of hydrogen-bond donors (Lipinski definition) is 2. The number of nitrogens with zero attached hydrogens (tertiary/aromatic N) is 1. The number of aromatic nitrogens is 1. The minimum Gasteiger partial charge on any atom is -0.314 e. The van der Waals surface area contributed by atoms with E-state index < -0.39 is 0 Å². The lowest BCUT2D eigenvalue weighted by molar-refractivity contribution is 0.255. The fraction of sp³-hybridized carbons (Fsp3) is 0.333. The molecule has 1 fully saturated rings. The Labute approximate surface area is 109 Å². The molecule has 5 heteroatoms. The Morgan fingerprint density at radius 1 is 1.35 bits per heavy atom. The molecule has 0 aromatic carbocycles. The van der Waals surface area contributed by atoms with Crippen LogP contribution in [0, 0.1) is 0 Å². The number of carbonyl (C=O) groups is 1. The van der Waals surface area contributed by atoms with Gasteiger partial charge in [0.15, 0.2) is 0 Å². The third-order valence-corrected chi connectivity index (χ3v) is 3.09. The van der Waals surface area contributed by atoms with Crippen molar-refractivity contribution >= 4 is 27.8 Å². The van der Waals surface area contributed by atoms with Crippen LogP contribution < -0.4 is 10.6 Å². The second-order valence-corrected chi connectivity index (χ2v) is 4.89. The van der Waals surface area contributed by atoms with E-state index in [-0.39, 0.29) is 6.03 Å². The minimum absolute atomic E-state index is 0.251. The Morgan fingerprint density at radius 2 is 2.12 bits per heavy atom. The summed E-state index contributed by atoms with van der Waals surface area (Å²) < 4.78 is 0.886. The summed E-state index contributed by atoms with van der Waals surface area (Å²) in [5, 5.41) is 5.39. The molecule has 0 radical (unpaired) electrons. The van der Waals surface area contributed by atoms with Crippen LogP contribution in [0.2, 0.25) is 0 Å². The molecule has 1 aliphatic rings. The first-order valence-electron chi connectivity index (χ1n) is 5.61. The number of amides is 2. The first-order valence-corrected chi connectivity index (χ1v) is 6.40. The second-order valence-electron chi connectivity index (χ2n) is 3.97. The topological polar surface area (TPSA) is 54.0 Å². The van der Waals surface area contributed by atoms with Crippen LogP contribution in [0.25, 0.3) is 0 Å². The molecule has 2 N–H and O–H groups in total. The number of nitrogens with one attached hydrogen (secondary N) is 2. The molecule has 1 aromatic rings. The minimum atomic E-state index is -0.251. The number of rotatable bonds is 2. The summed E-state index contributed by atoms with van der Waals surface area (Å²) in [6, 6.07) is 3.32. The van der Waals surface area contributed by atoms with Crippen LogP contribution in [0.15, 0.2) is 34.6 Å². The highest BCUT2D eigenvalue weighted by Crippen LogP contribution is 2.22. The summed E-state index contributed by atoms with van der Waals surface area (Å²) in [5.74, 6) is 0.538. The highest BCUT2D eigenvalue weighted by molar-refractivity contribution is 9.10. The molecule has 90 valence electrons. The molecule has 0 spiro atoms. The van der Waals surface area contributed by atoms with Gasteiger partial charge in [0.2, 0.25) is 0 Å². The summed E-state index contributed by atoms with van der Waals surface area (Å²) in [6.07, 6.45) is 8.09. The number of urea groups is 1. The predicted octanol–water partition coefficient (Wildman–Crippen LogP) is 3.42. The van der Waals surface area contributed by atoms with Crippen LogP contribution in [0.3, 0.4) is 0 Å². The molecule has 1 heterocycles. The van der Waals surface area contributed by atoms with Crippen molar-refractivity contribution in [2.45, 2.75) is 25.7 Å². The zero-order chi connectivity index (χ0) is 12.1. The molecule has 0 saturated heterocycles. The van der Waals surface area contributed by atoms with Crippen molar-refractivity contribution in [3.05, 3.63) is 34.6 Å². The number of carbonyl (C=O) groups excluding carboxylic acids is 1. The highest BCUT2D eigenvalue weighted by atomic mass is 79.9. The molecule has 0 atom stereocenters. The summed E-state index contributed by atoms with van der Waals surface area (Å²) in [7, 11) is 0. The SMILES string of the molecule is O=C(NC=C1CCCC1)Nc1ccc(Br)cn1. The van der Waals surface area contributed by atoms with E-state index in [2.05, 4.69) is 31.5 Å². The smallest absolute Gasteiger partial charge is 0.314 e. The van der Waals surface area contributed by atoms with Crippen LogP contribution in [0.1, 0.15) is 25.7 Å². The molecule has 2 amide bonds. The van der Waals surface area contributed by atoms with E-state index >= 15 is 0 Å². The number of pyridine rings is 1. The van der Waals surface area contributed by atoms with Gasteiger partial charge in [0, 0.05) is 16.9 Å². The number of allylic oxidation sites excluding steroid dienone is 1. The third-order valence-electron chi connectivity index (χ3n) is 2.62. The molecular formula is C12H14BrN3O. The molecule has 1 saturated carbocycles. The maximum Gasteiger partial charge on any atom is 0.324 e. The summed E-state index contributed by atoms with van der Waals surface area (Å²) in [5.41, 5.74) is 1.31. The van der Waals surface area contributed by atoms with Gasteiger partial charge >= 0.3 is 6.03 Å². The van der Waals surface area contributed by atoms with Gasteiger partial charge in [-0.05, 0) is 53.7 Å². The zero-order valence-electron chi connectivity index (χ0n) is 9.37. The van der Waals surface area contributed by atoms with Gasteiger partial charge in [0.25, 0.3) is 0 Å². The maximum absolute atomic E-state index is 11.5. The molecule has 1 aromatic heterocycles. The van der Waals surface area contributed by atoms with Crippen molar-refractivity contribution in [1.29, 1.82) is 0 Å². The van der Waals surface area contributed by atoms with Crippen molar-refractivity contribution < 1.29 is 4.79 Å². The second kappa shape index (κ2) is 5.82. The fourth-order valence-electron chi connectivity index (χ4n) is 1.74. The van der Waals surface area contributed by atoms with Crippen molar-refractivity contribution in [1.82, 2.24) is 10.3 Å². The normalized spacial score (nSPS) is 14.5. The lowest BCUT2D eigenvalue weighted by Gasteiger charge is -2.04. The Bertz CT molecular complexity index is 420. The molecule has 2 rings (SSSR count). The third kappa shape index (κ3) is 3.85. The van der Waals surface area contributed by atoms with E-state index in [1.807, 2.05) is 6.07 Å². The van der Waals surface area contributed by atoms with Gasteiger partial charge in [-0.3, -0.25) is 5.32 Å². The van der Waals surface area contributed by atoms with Gasteiger partial charge in [-0.15, -0.1) is 0 Å². The first kappa shape index (κ1) is 12.1. The van der Waals surface area contributed by atoms with Crippen LogP contribution >= 0.6 is 15.9 Å². The maximum atomic E-state index is 11.5. The van der Waals surface area contributed by atoms with Gasteiger partial charge in [-0.1, -0.05) is 5.57 Å². The van der Waals surface area contributed by atoms with Crippen LogP contribution in [-0.4, -0.2) is 11.0 Å². The number of hydrogen-bond acceptors (Lipinski definition) is 2. The quantitative estimate of drug-likeness (QED) is 0.878. The average Bonchev–Trinajstić information content (AvgIpc) is 2.83. The van der Waals surface area contributed by atoms with E-state index in [4.69, 9.17) is 0 Å². The number of halogens is 1. The van der Waals surface area contributed by atoms with Crippen molar-refractivity contribution in [2.75, 3.05) is 5.32 Å². The Morgan fingerprint density at radius 3 is 2.76 bits per heavy atom. The summed E-state index contributed by atoms with van der Waals surface area (Å²) >= 11 is 3.29. The Balaban J connectivity index is 1.84. The lowest BCUT2D eigenvalue weighted by atomic mass is 10.2. The van der Waals surface area contributed by atoms with Crippen LogP contribution in [-0.2, 0) is 0 Å². The zero-order valence-corrected chi connectivity index (χ0v) is 11.0. The van der Waals surface area contributed by atoms with Crippen LogP contribution in [0.5, 0.6) is 0 Å². The van der Waals surface area contributed by atoms with Gasteiger partial charge in [0.05, 0.1) is 0 Å². The molecule has 0 aliphatic heterocycles. The molecule has 1 aliphatic carbocycles. The fourth-order valence-corrected chi connectivity index (χ4v) is 1.98. The first-order chi connectivity index (χ1) is 8.24. The number of anilines is 1. The molecular weight excluding hydrogens is 282 g/mol.